The fourth-order valence-electron chi connectivity index (χ4n) is 1.84. The molecule has 0 aliphatic rings. The predicted molar refractivity (Wildman–Crippen MR) is 66.4 cm³/mol. The lowest BCUT2D eigenvalue weighted by atomic mass is 10.00. The van der Waals surface area contributed by atoms with Crippen molar-refractivity contribution in [3.05, 3.63) is 39.5 Å². The second-order valence-electron chi connectivity index (χ2n) is 3.96. The standard InChI is InChI=1S/C13H12ClNO/c1-7-4-5-10-9(3)11(6-16)13(14)15-12(10)8(7)2/h4-6H,1-3H3. The number of aldehydes is 1. The number of pyridine rings is 1. The summed E-state index contributed by atoms with van der Waals surface area (Å²) in [4.78, 5) is 15.2. The first-order chi connectivity index (χ1) is 7.56. The normalized spacial score (nSPS) is 10.8. The lowest BCUT2D eigenvalue weighted by Gasteiger charge is -2.10. The van der Waals surface area contributed by atoms with Crippen LogP contribution in [0.4, 0.5) is 0 Å². The molecule has 2 nitrogen and oxygen atoms in total. The molecule has 0 aliphatic carbocycles. The quantitative estimate of drug-likeness (QED) is 0.556. The van der Waals surface area contributed by atoms with Crippen LogP contribution in [0.25, 0.3) is 10.9 Å². The van der Waals surface area contributed by atoms with Crippen molar-refractivity contribution in [2.75, 3.05) is 0 Å². The van der Waals surface area contributed by atoms with Gasteiger partial charge in [0.15, 0.2) is 6.29 Å². The number of carbonyl (C=O) groups is 1. The zero-order valence-electron chi connectivity index (χ0n) is 9.47. The molecular weight excluding hydrogens is 222 g/mol. The third-order valence-electron chi connectivity index (χ3n) is 3.06. The average molecular weight is 234 g/mol. The average Bonchev–Trinajstić information content (AvgIpc) is 2.25. The van der Waals surface area contributed by atoms with Gasteiger partial charge in [0.05, 0.1) is 11.1 Å². The third kappa shape index (κ3) is 1.50. The van der Waals surface area contributed by atoms with Crippen LogP contribution < -0.4 is 0 Å². The molecule has 2 rings (SSSR count). The summed E-state index contributed by atoms with van der Waals surface area (Å²) >= 11 is 5.99. The maximum Gasteiger partial charge on any atom is 0.153 e. The SMILES string of the molecule is Cc1ccc2c(C)c(C=O)c(Cl)nc2c1C. The van der Waals surface area contributed by atoms with E-state index in [-0.39, 0.29) is 5.15 Å². The van der Waals surface area contributed by atoms with Gasteiger partial charge in [0.2, 0.25) is 0 Å². The van der Waals surface area contributed by atoms with Gasteiger partial charge in [-0.1, -0.05) is 23.7 Å². The smallest absolute Gasteiger partial charge is 0.153 e. The van der Waals surface area contributed by atoms with Gasteiger partial charge in [0.25, 0.3) is 0 Å². The molecule has 0 spiro atoms. The lowest BCUT2D eigenvalue weighted by Crippen LogP contribution is -1.96. The summed E-state index contributed by atoms with van der Waals surface area (Å²) in [5, 5.41) is 1.28. The molecule has 0 bridgehead atoms. The largest absolute Gasteiger partial charge is 0.298 e. The monoisotopic (exact) mass is 233 g/mol. The molecule has 0 N–H and O–H groups in total. The minimum absolute atomic E-state index is 0.286. The summed E-state index contributed by atoms with van der Waals surface area (Å²) in [5.74, 6) is 0. The number of rotatable bonds is 1. The Morgan fingerprint density at radius 1 is 1.19 bits per heavy atom. The van der Waals surface area contributed by atoms with Crippen molar-refractivity contribution in [2.24, 2.45) is 0 Å². The Morgan fingerprint density at radius 2 is 1.88 bits per heavy atom. The van der Waals surface area contributed by atoms with Gasteiger partial charge >= 0.3 is 0 Å². The van der Waals surface area contributed by atoms with Crippen LogP contribution in [0.2, 0.25) is 5.15 Å². The van der Waals surface area contributed by atoms with Crippen molar-refractivity contribution in [3.8, 4) is 0 Å². The molecule has 0 unspecified atom stereocenters. The maximum absolute atomic E-state index is 10.9. The van der Waals surface area contributed by atoms with Crippen molar-refractivity contribution in [3.63, 3.8) is 0 Å². The Hall–Kier alpha value is -1.41. The molecule has 1 aromatic heterocycles. The lowest BCUT2D eigenvalue weighted by molar-refractivity contribution is 0.112. The first-order valence-electron chi connectivity index (χ1n) is 5.07. The Labute approximate surface area is 99.3 Å². The van der Waals surface area contributed by atoms with Crippen LogP contribution in [0.5, 0.6) is 0 Å². The first kappa shape index (κ1) is 11.1. The number of benzene rings is 1. The summed E-state index contributed by atoms with van der Waals surface area (Å²) in [6, 6.07) is 4.03. The van der Waals surface area contributed by atoms with Gasteiger partial charge in [-0.2, -0.15) is 0 Å². The third-order valence-corrected chi connectivity index (χ3v) is 3.35. The van der Waals surface area contributed by atoms with E-state index in [1.165, 1.54) is 5.56 Å². The molecule has 0 radical (unpaired) electrons. The van der Waals surface area contributed by atoms with Crippen molar-refractivity contribution in [1.29, 1.82) is 0 Å². The van der Waals surface area contributed by atoms with Gasteiger partial charge in [-0.3, -0.25) is 4.79 Å². The molecular formula is C13H12ClNO. The Kier molecular flexibility index (Phi) is 2.68. The summed E-state index contributed by atoms with van der Waals surface area (Å²) in [6.07, 6.45) is 0.763. The van der Waals surface area contributed by atoms with E-state index < -0.39 is 0 Å². The highest BCUT2D eigenvalue weighted by molar-refractivity contribution is 6.32. The van der Waals surface area contributed by atoms with Crippen LogP contribution >= 0.6 is 11.6 Å². The van der Waals surface area contributed by atoms with E-state index >= 15 is 0 Å². The predicted octanol–water partition coefficient (Wildman–Crippen LogP) is 3.63. The van der Waals surface area contributed by atoms with Crippen LogP contribution in [0, 0.1) is 20.8 Å². The number of fused-ring (bicyclic) bond motifs is 1. The second kappa shape index (κ2) is 3.87. The van der Waals surface area contributed by atoms with Crippen molar-refractivity contribution >= 4 is 28.8 Å². The number of nitrogens with zero attached hydrogens (tertiary/aromatic N) is 1. The van der Waals surface area contributed by atoms with Crippen LogP contribution in [-0.2, 0) is 0 Å². The topological polar surface area (TPSA) is 30.0 Å². The van der Waals surface area contributed by atoms with Gasteiger partial charge in [-0.05, 0) is 37.5 Å². The van der Waals surface area contributed by atoms with Crippen LogP contribution in [0.3, 0.4) is 0 Å². The number of halogens is 1. The number of carbonyl (C=O) groups excluding carboxylic acids is 1. The van der Waals surface area contributed by atoms with E-state index in [0.717, 1.165) is 28.3 Å². The molecule has 82 valence electrons. The minimum atomic E-state index is 0.286. The molecule has 1 heterocycles. The second-order valence-corrected chi connectivity index (χ2v) is 4.32. The zero-order valence-corrected chi connectivity index (χ0v) is 10.2. The summed E-state index contributed by atoms with van der Waals surface area (Å²) in [7, 11) is 0. The fraction of sp³-hybridized carbons (Fsp3) is 0.231. The van der Waals surface area contributed by atoms with E-state index in [0.29, 0.717) is 5.56 Å². The van der Waals surface area contributed by atoms with E-state index in [4.69, 9.17) is 11.6 Å². The molecule has 2 aromatic rings. The number of aromatic nitrogens is 1. The van der Waals surface area contributed by atoms with E-state index in [9.17, 15) is 4.79 Å². The van der Waals surface area contributed by atoms with E-state index in [1.54, 1.807) is 0 Å². The van der Waals surface area contributed by atoms with Gasteiger partial charge in [0, 0.05) is 5.39 Å². The molecule has 0 amide bonds. The molecule has 0 atom stereocenters. The van der Waals surface area contributed by atoms with Crippen LogP contribution in [-0.4, -0.2) is 11.3 Å². The first-order valence-corrected chi connectivity index (χ1v) is 5.45. The molecule has 1 aromatic carbocycles. The summed E-state index contributed by atoms with van der Waals surface area (Å²) < 4.78 is 0. The fourth-order valence-corrected chi connectivity index (χ4v) is 2.11. The van der Waals surface area contributed by atoms with Gasteiger partial charge in [-0.25, -0.2) is 4.98 Å². The number of aryl methyl sites for hydroxylation is 3. The number of hydrogen-bond acceptors (Lipinski definition) is 2. The molecule has 0 aliphatic heterocycles. The highest BCUT2D eigenvalue weighted by Gasteiger charge is 2.11. The summed E-state index contributed by atoms with van der Waals surface area (Å²) in [5.41, 5.74) is 4.55. The van der Waals surface area contributed by atoms with Crippen molar-refractivity contribution in [2.45, 2.75) is 20.8 Å². The van der Waals surface area contributed by atoms with Crippen LogP contribution in [0.1, 0.15) is 27.0 Å². The molecule has 0 fully saturated rings. The molecule has 0 saturated heterocycles. The van der Waals surface area contributed by atoms with Gasteiger partial charge in [-0.15, -0.1) is 0 Å². The van der Waals surface area contributed by atoms with Gasteiger partial charge in [0.1, 0.15) is 5.15 Å². The molecule has 3 heteroatoms. The summed E-state index contributed by atoms with van der Waals surface area (Å²) in [6.45, 7) is 5.95. The maximum atomic E-state index is 10.9. The minimum Gasteiger partial charge on any atom is -0.298 e. The zero-order chi connectivity index (χ0) is 11.9. The van der Waals surface area contributed by atoms with Crippen molar-refractivity contribution in [1.82, 2.24) is 4.98 Å². The highest BCUT2D eigenvalue weighted by atomic mass is 35.5. The number of hydrogen-bond donors (Lipinski definition) is 0. The molecule has 16 heavy (non-hydrogen) atoms. The Bertz CT molecular complexity index is 590. The van der Waals surface area contributed by atoms with Gasteiger partial charge < -0.3 is 0 Å². The van der Waals surface area contributed by atoms with E-state index in [1.807, 2.05) is 32.9 Å². The van der Waals surface area contributed by atoms with E-state index in [2.05, 4.69) is 4.98 Å². The highest BCUT2D eigenvalue weighted by Crippen LogP contribution is 2.27. The van der Waals surface area contributed by atoms with Crippen LogP contribution in [0.15, 0.2) is 12.1 Å². The molecule has 0 saturated carbocycles. The Morgan fingerprint density at radius 3 is 2.50 bits per heavy atom. The Balaban J connectivity index is 2.98. The van der Waals surface area contributed by atoms with Crippen molar-refractivity contribution < 1.29 is 4.79 Å².